The first kappa shape index (κ1) is 15.9. The Kier molecular flexibility index (Phi) is 4.88. The quantitative estimate of drug-likeness (QED) is 0.486. The van der Waals surface area contributed by atoms with Gasteiger partial charge in [0.05, 0.1) is 0 Å². The molecule has 3 aromatic rings. The zero-order chi connectivity index (χ0) is 16.2. The normalized spacial score (nSPS) is 12.3. The number of nitrogens with zero attached hydrogens (tertiary/aromatic N) is 1. The molecule has 118 valence electrons. The van der Waals surface area contributed by atoms with Gasteiger partial charge in [0, 0.05) is 10.6 Å². The number of fused-ring (bicyclic) bond motifs is 1. The van der Waals surface area contributed by atoms with Gasteiger partial charge in [-0.15, -0.1) is 0 Å². The van der Waals surface area contributed by atoms with Crippen molar-refractivity contribution in [2.75, 3.05) is 5.75 Å². The van der Waals surface area contributed by atoms with Crippen molar-refractivity contribution in [1.82, 2.24) is 4.98 Å². The van der Waals surface area contributed by atoms with Crippen molar-refractivity contribution in [3.8, 4) is 0 Å². The number of ether oxygens (including phenoxy) is 1. The first-order chi connectivity index (χ1) is 11.1. The number of esters is 1. The van der Waals surface area contributed by atoms with E-state index in [0.29, 0.717) is 15.8 Å². The van der Waals surface area contributed by atoms with Gasteiger partial charge >= 0.3 is 5.97 Å². The average Bonchev–Trinajstić information content (AvgIpc) is 2.96. The number of para-hydroxylation sites is 2. The first-order valence-electron chi connectivity index (χ1n) is 7.06. The molecule has 2 aromatic carbocycles. The van der Waals surface area contributed by atoms with E-state index >= 15 is 0 Å². The molecule has 0 aliphatic heterocycles. The van der Waals surface area contributed by atoms with Crippen molar-refractivity contribution >= 4 is 40.4 Å². The number of thioether (sulfide) groups is 1. The number of benzene rings is 2. The number of hydrogen-bond acceptors (Lipinski definition) is 5. The number of halogens is 1. The highest BCUT2D eigenvalue weighted by Crippen LogP contribution is 2.27. The third-order valence-corrected chi connectivity index (χ3v) is 4.38. The van der Waals surface area contributed by atoms with Gasteiger partial charge in [0.1, 0.15) is 17.4 Å². The summed E-state index contributed by atoms with van der Waals surface area (Å²) in [6, 6.07) is 14.8. The highest BCUT2D eigenvalue weighted by molar-refractivity contribution is 7.99. The molecule has 1 heterocycles. The lowest BCUT2D eigenvalue weighted by atomic mass is 10.1. The lowest BCUT2D eigenvalue weighted by Crippen LogP contribution is -2.11. The molecule has 1 atom stereocenters. The third kappa shape index (κ3) is 3.86. The Morgan fingerprint density at radius 1 is 1.26 bits per heavy atom. The van der Waals surface area contributed by atoms with E-state index < -0.39 is 6.10 Å². The maximum atomic E-state index is 12.0. The molecule has 6 heteroatoms. The van der Waals surface area contributed by atoms with Crippen molar-refractivity contribution in [3.63, 3.8) is 0 Å². The van der Waals surface area contributed by atoms with Gasteiger partial charge in [0.2, 0.25) is 0 Å². The Morgan fingerprint density at radius 3 is 2.78 bits per heavy atom. The summed E-state index contributed by atoms with van der Waals surface area (Å²) in [5.41, 5.74) is 2.26. The fourth-order valence-corrected chi connectivity index (χ4v) is 3.04. The zero-order valence-electron chi connectivity index (χ0n) is 12.4. The van der Waals surface area contributed by atoms with Crippen molar-refractivity contribution in [2.45, 2.75) is 18.3 Å². The van der Waals surface area contributed by atoms with Crippen LogP contribution in [0.25, 0.3) is 11.1 Å². The number of rotatable bonds is 5. The standard InChI is InChI=1S/C17H14ClNO3S/c1-11(12-6-2-3-7-13(12)18)21-16(20)10-23-17-19-14-8-4-5-9-15(14)22-17/h2-9,11H,10H2,1H3/t11-/m1/s1. The molecule has 0 radical (unpaired) electrons. The highest BCUT2D eigenvalue weighted by Gasteiger charge is 2.16. The topological polar surface area (TPSA) is 52.3 Å². The smallest absolute Gasteiger partial charge is 0.317 e. The van der Waals surface area contributed by atoms with Crippen LogP contribution >= 0.6 is 23.4 Å². The molecule has 0 spiro atoms. The molecule has 3 rings (SSSR count). The van der Waals surface area contributed by atoms with Crippen molar-refractivity contribution in [1.29, 1.82) is 0 Å². The molecule has 0 fully saturated rings. The summed E-state index contributed by atoms with van der Waals surface area (Å²) in [5, 5.41) is 1.04. The zero-order valence-corrected chi connectivity index (χ0v) is 13.9. The lowest BCUT2D eigenvalue weighted by Gasteiger charge is -2.14. The van der Waals surface area contributed by atoms with E-state index in [2.05, 4.69) is 4.98 Å². The Bertz CT molecular complexity index is 800. The van der Waals surface area contributed by atoms with Gasteiger partial charge in [-0.05, 0) is 25.1 Å². The molecule has 0 saturated heterocycles. The van der Waals surface area contributed by atoms with E-state index in [-0.39, 0.29) is 11.7 Å². The van der Waals surface area contributed by atoms with Crippen LogP contribution in [-0.2, 0) is 9.53 Å². The second-order valence-electron chi connectivity index (χ2n) is 4.89. The van der Waals surface area contributed by atoms with Crippen LogP contribution < -0.4 is 0 Å². The third-order valence-electron chi connectivity index (χ3n) is 3.24. The second-order valence-corrected chi connectivity index (χ2v) is 6.22. The largest absolute Gasteiger partial charge is 0.457 e. The first-order valence-corrected chi connectivity index (χ1v) is 8.42. The minimum Gasteiger partial charge on any atom is -0.457 e. The van der Waals surface area contributed by atoms with Gasteiger partial charge in [0.15, 0.2) is 5.58 Å². The van der Waals surface area contributed by atoms with Gasteiger partial charge in [0.25, 0.3) is 5.22 Å². The molecular weight excluding hydrogens is 334 g/mol. The summed E-state index contributed by atoms with van der Waals surface area (Å²) >= 11 is 7.31. The summed E-state index contributed by atoms with van der Waals surface area (Å²) in [6.07, 6.45) is -0.402. The molecule has 0 aliphatic rings. The number of carbonyl (C=O) groups excluding carboxylic acids is 1. The van der Waals surface area contributed by atoms with Crippen LogP contribution in [0.15, 0.2) is 58.2 Å². The fraction of sp³-hybridized carbons (Fsp3) is 0.176. The van der Waals surface area contributed by atoms with Crippen LogP contribution in [0.2, 0.25) is 5.02 Å². The lowest BCUT2D eigenvalue weighted by molar-refractivity contribution is -0.145. The van der Waals surface area contributed by atoms with Crippen molar-refractivity contribution in [3.05, 3.63) is 59.1 Å². The van der Waals surface area contributed by atoms with Gasteiger partial charge in [-0.3, -0.25) is 4.79 Å². The van der Waals surface area contributed by atoms with Crippen LogP contribution in [0.1, 0.15) is 18.6 Å². The van der Waals surface area contributed by atoms with Crippen LogP contribution in [0.5, 0.6) is 0 Å². The van der Waals surface area contributed by atoms with Gasteiger partial charge in [-0.1, -0.05) is 53.7 Å². The van der Waals surface area contributed by atoms with E-state index in [4.69, 9.17) is 20.8 Å². The summed E-state index contributed by atoms with van der Waals surface area (Å²) < 4.78 is 10.9. The molecule has 0 N–H and O–H groups in total. The van der Waals surface area contributed by atoms with E-state index in [1.807, 2.05) is 42.5 Å². The van der Waals surface area contributed by atoms with Crippen molar-refractivity contribution < 1.29 is 13.9 Å². The monoisotopic (exact) mass is 347 g/mol. The van der Waals surface area contributed by atoms with Crippen molar-refractivity contribution in [2.24, 2.45) is 0 Å². The molecule has 4 nitrogen and oxygen atoms in total. The predicted octanol–water partition coefficient (Wildman–Crippen LogP) is 4.88. The molecule has 1 aromatic heterocycles. The Balaban J connectivity index is 1.58. The van der Waals surface area contributed by atoms with Gasteiger partial charge in [-0.25, -0.2) is 4.98 Å². The van der Waals surface area contributed by atoms with Crippen LogP contribution in [0.4, 0.5) is 0 Å². The molecule has 0 saturated carbocycles. The minimum absolute atomic E-state index is 0.127. The van der Waals surface area contributed by atoms with E-state index in [1.54, 1.807) is 13.0 Å². The molecule has 0 aliphatic carbocycles. The average molecular weight is 348 g/mol. The summed E-state index contributed by atoms with van der Waals surface area (Å²) in [5.74, 6) is -0.216. The SMILES string of the molecule is C[C@@H](OC(=O)CSc1nc2ccccc2o1)c1ccccc1Cl. The molecule has 23 heavy (non-hydrogen) atoms. The summed E-state index contributed by atoms with van der Waals surface area (Å²) in [6.45, 7) is 1.79. The summed E-state index contributed by atoms with van der Waals surface area (Å²) in [4.78, 5) is 16.3. The van der Waals surface area contributed by atoms with Gasteiger partial charge in [-0.2, -0.15) is 0 Å². The van der Waals surface area contributed by atoms with E-state index in [9.17, 15) is 4.79 Å². The maximum Gasteiger partial charge on any atom is 0.317 e. The maximum absolute atomic E-state index is 12.0. The molecule has 0 bridgehead atoms. The van der Waals surface area contributed by atoms with Crippen LogP contribution in [-0.4, -0.2) is 16.7 Å². The fourth-order valence-electron chi connectivity index (χ4n) is 2.13. The molecular formula is C17H14ClNO3S. The Hall–Kier alpha value is -1.98. The second kappa shape index (κ2) is 7.06. The summed E-state index contributed by atoms with van der Waals surface area (Å²) in [7, 11) is 0. The van der Waals surface area contributed by atoms with E-state index in [1.165, 1.54) is 11.8 Å². The molecule has 0 unspecified atom stereocenters. The predicted molar refractivity (Wildman–Crippen MR) is 90.7 cm³/mol. The van der Waals surface area contributed by atoms with Crippen LogP contribution in [0.3, 0.4) is 0 Å². The minimum atomic E-state index is -0.402. The Labute approximate surface area is 142 Å². The number of carbonyl (C=O) groups is 1. The van der Waals surface area contributed by atoms with Gasteiger partial charge < -0.3 is 9.15 Å². The number of aromatic nitrogens is 1. The number of hydrogen-bond donors (Lipinski definition) is 0. The van der Waals surface area contributed by atoms with Crippen LogP contribution in [0, 0.1) is 0 Å². The Morgan fingerprint density at radius 2 is 2.00 bits per heavy atom. The number of oxazole rings is 1. The van der Waals surface area contributed by atoms with E-state index in [0.717, 1.165) is 11.1 Å². The molecule has 0 amide bonds. The highest BCUT2D eigenvalue weighted by atomic mass is 35.5.